The van der Waals surface area contributed by atoms with Crippen LogP contribution < -0.4 is 4.90 Å². The van der Waals surface area contributed by atoms with Crippen molar-refractivity contribution in [2.45, 2.75) is 6.42 Å². The number of likely N-dealkylation sites (N-methyl/N-ethyl adjacent to an activating group) is 1. The smallest absolute Gasteiger partial charge is 0.339 e. The lowest BCUT2D eigenvalue weighted by molar-refractivity contribution is -0.127. The average Bonchev–Trinajstić information content (AvgIpc) is 2.52. The molecule has 0 atom stereocenters. The molecule has 0 unspecified atom stereocenters. The van der Waals surface area contributed by atoms with Crippen LogP contribution in [0.4, 0.5) is 5.82 Å². The molecule has 1 saturated heterocycles. The van der Waals surface area contributed by atoms with Crippen LogP contribution in [-0.4, -0.2) is 53.5 Å². The highest BCUT2D eigenvalue weighted by atomic mass is 79.9. The Kier molecular flexibility index (Phi) is 4.04. The van der Waals surface area contributed by atoms with Crippen molar-refractivity contribution in [3.8, 4) is 0 Å². The SMILES string of the molecule is CN1CCCN(c2ncc(Br)cc2C(=O)O)CC1=O. The lowest BCUT2D eigenvalue weighted by Gasteiger charge is -2.22. The van der Waals surface area contributed by atoms with Gasteiger partial charge in [0.1, 0.15) is 11.4 Å². The van der Waals surface area contributed by atoms with Crippen molar-refractivity contribution in [3.63, 3.8) is 0 Å². The van der Waals surface area contributed by atoms with E-state index in [0.717, 1.165) is 6.42 Å². The molecule has 1 fully saturated rings. The van der Waals surface area contributed by atoms with E-state index >= 15 is 0 Å². The van der Waals surface area contributed by atoms with Crippen molar-refractivity contribution in [1.29, 1.82) is 0 Å². The minimum absolute atomic E-state index is 0.0291. The van der Waals surface area contributed by atoms with Crippen molar-refractivity contribution < 1.29 is 14.7 Å². The van der Waals surface area contributed by atoms with Gasteiger partial charge in [0.25, 0.3) is 0 Å². The first kappa shape index (κ1) is 13.8. The number of aromatic nitrogens is 1. The van der Waals surface area contributed by atoms with Crippen molar-refractivity contribution in [2.75, 3.05) is 31.6 Å². The van der Waals surface area contributed by atoms with Gasteiger partial charge in [-0.25, -0.2) is 9.78 Å². The third-order valence-electron chi connectivity index (χ3n) is 3.04. The Morgan fingerprint density at radius 2 is 2.21 bits per heavy atom. The molecule has 1 aromatic heterocycles. The number of nitrogens with zero attached hydrogens (tertiary/aromatic N) is 3. The molecular weight excluding hydrogens is 314 g/mol. The molecule has 2 rings (SSSR count). The molecule has 7 heteroatoms. The fourth-order valence-electron chi connectivity index (χ4n) is 2.01. The molecule has 1 aliphatic rings. The van der Waals surface area contributed by atoms with Crippen LogP contribution in [0.3, 0.4) is 0 Å². The molecule has 19 heavy (non-hydrogen) atoms. The zero-order valence-electron chi connectivity index (χ0n) is 10.5. The molecule has 2 heterocycles. The van der Waals surface area contributed by atoms with E-state index in [-0.39, 0.29) is 18.0 Å². The van der Waals surface area contributed by atoms with Gasteiger partial charge in [-0.15, -0.1) is 0 Å². The molecule has 102 valence electrons. The van der Waals surface area contributed by atoms with E-state index in [0.29, 0.717) is 23.4 Å². The van der Waals surface area contributed by atoms with Gasteiger partial charge in [0.2, 0.25) is 5.91 Å². The van der Waals surface area contributed by atoms with Gasteiger partial charge >= 0.3 is 5.97 Å². The Balaban J connectivity index is 2.35. The molecule has 0 aromatic carbocycles. The summed E-state index contributed by atoms with van der Waals surface area (Å²) >= 11 is 3.21. The number of carboxylic acid groups (broad SMARTS) is 1. The van der Waals surface area contributed by atoms with E-state index in [1.807, 2.05) is 0 Å². The Hall–Kier alpha value is -1.63. The minimum Gasteiger partial charge on any atom is -0.478 e. The minimum atomic E-state index is -1.05. The Bertz CT molecular complexity index is 521. The second-order valence-corrected chi connectivity index (χ2v) is 5.34. The normalized spacial score (nSPS) is 16.4. The van der Waals surface area contributed by atoms with Gasteiger partial charge in [0, 0.05) is 30.8 Å². The van der Waals surface area contributed by atoms with Crippen LogP contribution in [0.2, 0.25) is 0 Å². The first-order valence-electron chi connectivity index (χ1n) is 5.87. The van der Waals surface area contributed by atoms with E-state index in [1.54, 1.807) is 23.0 Å². The Labute approximate surface area is 119 Å². The first-order valence-corrected chi connectivity index (χ1v) is 6.66. The van der Waals surface area contributed by atoms with Gasteiger partial charge in [-0.2, -0.15) is 0 Å². The Morgan fingerprint density at radius 3 is 2.89 bits per heavy atom. The maximum Gasteiger partial charge on any atom is 0.339 e. The number of anilines is 1. The average molecular weight is 328 g/mol. The summed E-state index contributed by atoms with van der Waals surface area (Å²) in [7, 11) is 1.75. The number of pyridine rings is 1. The number of hydrogen-bond acceptors (Lipinski definition) is 4. The number of carbonyl (C=O) groups excluding carboxylic acids is 1. The molecule has 1 aromatic rings. The van der Waals surface area contributed by atoms with Crippen LogP contribution in [0.15, 0.2) is 16.7 Å². The summed E-state index contributed by atoms with van der Waals surface area (Å²) in [6.45, 7) is 1.45. The van der Waals surface area contributed by atoms with Gasteiger partial charge in [-0.3, -0.25) is 4.79 Å². The first-order chi connectivity index (χ1) is 8.99. The van der Waals surface area contributed by atoms with E-state index in [9.17, 15) is 14.7 Å². The van der Waals surface area contributed by atoms with Crippen LogP contribution in [0.25, 0.3) is 0 Å². The fraction of sp³-hybridized carbons (Fsp3) is 0.417. The van der Waals surface area contributed by atoms with Crippen LogP contribution in [0.5, 0.6) is 0 Å². The van der Waals surface area contributed by atoms with E-state index in [1.165, 1.54) is 6.07 Å². The summed E-state index contributed by atoms with van der Waals surface area (Å²) in [5.74, 6) is -0.730. The van der Waals surface area contributed by atoms with E-state index < -0.39 is 5.97 Å². The van der Waals surface area contributed by atoms with Crippen LogP contribution in [0.1, 0.15) is 16.8 Å². The van der Waals surface area contributed by atoms with Crippen molar-refractivity contribution in [2.24, 2.45) is 0 Å². The highest BCUT2D eigenvalue weighted by Gasteiger charge is 2.24. The van der Waals surface area contributed by atoms with Gasteiger partial charge in [0.15, 0.2) is 0 Å². The number of rotatable bonds is 2. The van der Waals surface area contributed by atoms with Crippen LogP contribution in [0, 0.1) is 0 Å². The van der Waals surface area contributed by atoms with Crippen molar-refractivity contribution >= 4 is 33.6 Å². The summed E-state index contributed by atoms with van der Waals surface area (Å²) in [6.07, 6.45) is 2.33. The second kappa shape index (κ2) is 5.56. The van der Waals surface area contributed by atoms with Crippen molar-refractivity contribution in [1.82, 2.24) is 9.88 Å². The predicted molar refractivity (Wildman–Crippen MR) is 73.4 cm³/mol. The molecule has 0 aliphatic carbocycles. The topological polar surface area (TPSA) is 73.7 Å². The zero-order valence-corrected chi connectivity index (χ0v) is 12.1. The van der Waals surface area contributed by atoms with E-state index in [4.69, 9.17) is 0 Å². The summed E-state index contributed by atoms with van der Waals surface area (Å²) < 4.78 is 0.604. The predicted octanol–water partition coefficient (Wildman–Crippen LogP) is 1.21. The molecular formula is C12H14BrN3O3. The second-order valence-electron chi connectivity index (χ2n) is 4.42. The fourth-order valence-corrected chi connectivity index (χ4v) is 2.34. The van der Waals surface area contributed by atoms with E-state index in [2.05, 4.69) is 20.9 Å². The molecule has 1 N–H and O–H groups in total. The van der Waals surface area contributed by atoms with Gasteiger partial charge in [0.05, 0.1) is 6.54 Å². The van der Waals surface area contributed by atoms with Crippen LogP contribution in [-0.2, 0) is 4.79 Å². The maximum absolute atomic E-state index is 11.8. The number of amides is 1. The lowest BCUT2D eigenvalue weighted by atomic mass is 10.2. The lowest BCUT2D eigenvalue weighted by Crippen LogP contribution is -2.35. The monoisotopic (exact) mass is 327 g/mol. The quantitative estimate of drug-likeness (QED) is 0.883. The molecule has 0 bridgehead atoms. The number of hydrogen-bond donors (Lipinski definition) is 1. The largest absolute Gasteiger partial charge is 0.478 e. The number of aromatic carboxylic acids is 1. The molecule has 1 aliphatic heterocycles. The highest BCUT2D eigenvalue weighted by Crippen LogP contribution is 2.23. The van der Waals surface area contributed by atoms with Gasteiger partial charge < -0.3 is 14.9 Å². The molecule has 0 spiro atoms. The number of carbonyl (C=O) groups is 2. The van der Waals surface area contributed by atoms with Gasteiger partial charge in [-0.1, -0.05) is 0 Å². The zero-order chi connectivity index (χ0) is 14.0. The van der Waals surface area contributed by atoms with Gasteiger partial charge in [-0.05, 0) is 28.4 Å². The summed E-state index contributed by atoms with van der Waals surface area (Å²) in [5, 5.41) is 9.23. The molecule has 0 radical (unpaired) electrons. The number of carboxylic acids is 1. The standard InChI is InChI=1S/C12H14BrN3O3/c1-15-3-2-4-16(7-10(15)17)11-9(12(18)19)5-8(13)6-14-11/h5-6H,2-4,7H2,1H3,(H,18,19). The molecule has 0 saturated carbocycles. The summed E-state index contributed by atoms with van der Waals surface area (Å²) in [6, 6.07) is 1.50. The van der Waals surface area contributed by atoms with Crippen LogP contribution >= 0.6 is 15.9 Å². The third-order valence-corrected chi connectivity index (χ3v) is 3.47. The maximum atomic E-state index is 11.8. The summed E-state index contributed by atoms with van der Waals surface area (Å²) in [4.78, 5) is 30.6. The highest BCUT2D eigenvalue weighted by molar-refractivity contribution is 9.10. The Morgan fingerprint density at radius 1 is 1.47 bits per heavy atom. The number of halogens is 1. The summed E-state index contributed by atoms with van der Waals surface area (Å²) in [5.41, 5.74) is 0.103. The molecule has 1 amide bonds. The third kappa shape index (κ3) is 3.04. The molecule has 6 nitrogen and oxygen atoms in total. The van der Waals surface area contributed by atoms with Crippen molar-refractivity contribution in [3.05, 3.63) is 22.3 Å².